The van der Waals surface area contributed by atoms with Crippen LogP contribution in [0.2, 0.25) is 0 Å². The molecule has 2 rings (SSSR count). The number of para-hydroxylation sites is 1. The number of carbonyl (C=O) groups is 2. The summed E-state index contributed by atoms with van der Waals surface area (Å²) in [6.45, 7) is 0. The molecule has 0 aliphatic heterocycles. The number of carboxylic acid groups (broad SMARTS) is 1. The average molecular weight is 304 g/mol. The SMILES string of the molecule is COC(=O)c1cn(N)c2ccccc12.O=C(O)C(F)(F)F. The third-order valence-corrected chi connectivity index (χ3v) is 2.39. The molecule has 1 heterocycles. The van der Waals surface area contributed by atoms with E-state index < -0.39 is 12.1 Å². The maximum atomic E-state index is 11.3. The van der Waals surface area contributed by atoms with Gasteiger partial charge in [0.15, 0.2) is 0 Å². The number of aliphatic carboxylic acids is 1. The van der Waals surface area contributed by atoms with Crippen molar-refractivity contribution in [2.45, 2.75) is 6.18 Å². The van der Waals surface area contributed by atoms with Gasteiger partial charge in [0.25, 0.3) is 0 Å². The summed E-state index contributed by atoms with van der Waals surface area (Å²) >= 11 is 0. The second-order valence-corrected chi connectivity index (χ2v) is 3.76. The van der Waals surface area contributed by atoms with E-state index in [9.17, 15) is 18.0 Å². The van der Waals surface area contributed by atoms with Gasteiger partial charge in [-0.2, -0.15) is 13.2 Å². The second-order valence-electron chi connectivity index (χ2n) is 3.76. The lowest BCUT2D eigenvalue weighted by Crippen LogP contribution is -2.21. The van der Waals surface area contributed by atoms with Gasteiger partial charge in [-0.3, -0.25) is 4.68 Å². The Labute approximate surface area is 116 Å². The predicted octanol–water partition coefficient (Wildman–Crippen LogP) is 1.78. The first-order valence-electron chi connectivity index (χ1n) is 5.42. The molecule has 9 heteroatoms. The molecule has 0 aliphatic carbocycles. The van der Waals surface area contributed by atoms with Gasteiger partial charge in [0.1, 0.15) is 0 Å². The molecule has 0 unspecified atom stereocenters. The van der Waals surface area contributed by atoms with Gasteiger partial charge in [0.05, 0.1) is 18.2 Å². The zero-order valence-corrected chi connectivity index (χ0v) is 10.7. The third kappa shape index (κ3) is 3.88. The molecule has 1 aromatic heterocycles. The number of nitrogens with zero attached hydrogens (tertiary/aromatic N) is 1. The van der Waals surface area contributed by atoms with Crippen molar-refractivity contribution in [1.29, 1.82) is 0 Å². The van der Waals surface area contributed by atoms with Crippen LogP contribution < -0.4 is 5.84 Å². The molecule has 0 saturated carbocycles. The van der Waals surface area contributed by atoms with Crippen molar-refractivity contribution >= 4 is 22.8 Å². The average Bonchev–Trinajstić information content (AvgIpc) is 2.76. The molecule has 0 radical (unpaired) electrons. The Kier molecular flexibility index (Phi) is 4.79. The number of hydrogen-bond donors (Lipinski definition) is 2. The summed E-state index contributed by atoms with van der Waals surface area (Å²) < 4.78 is 37.8. The first-order chi connectivity index (χ1) is 9.68. The summed E-state index contributed by atoms with van der Waals surface area (Å²) in [5, 5.41) is 7.93. The van der Waals surface area contributed by atoms with E-state index in [-0.39, 0.29) is 5.97 Å². The maximum Gasteiger partial charge on any atom is 0.490 e. The Bertz CT molecular complexity index is 664. The van der Waals surface area contributed by atoms with Crippen LogP contribution in [0, 0.1) is 0 Å². The zero-order chi connectivity index (χ0) is 16.2. The number of rotatable bonds is 1. The van der Waals surface area contributed by atoms with Crippen molar-refractivity contribution in [3.05, 3.63) is 36.0 Å². The van der Waals surface area contributed by atoms with Crippen LogP contribution >= 0.6 is 0 Å². The van der Waals surface area contributed by atoms with Gasteiger partial charge in [0, 0.05) is 11.6 Å². The van der Waals surface area contributed by atoms with Crippen LogP contribution in [0.3, 0.4) is 0 Å². The smallest absolute Gasteiger partial charge is 0.475 e. The van der Waals surface area contributed by atoms with Crippen LogP contribution in [0.4, 0.5) is 13.2 Å². The van der Waals surface area contributed by atoms with Crippen LogP contribution in [0.1, 0.15) is 10.4 Å². The van der Waals surface area contributed by atoms with Gasteiger partial charge >= 0.3 is 18.1 Å². The van der Waals surface area contributed by atoms with Crippen molar-refractivity contribution in [2.24, 2.45) is 0 Å². The molecule has 114 valence electrons. The first-order valence-corrected chi connectivity index (χ1v) is 5.42. The molecule has 6 nitrogen and oxygen atoms in total. The van der Waals surface area contributed by atoms with Crippen LogP contribution in [-0.4, -0.2) is 35.0 Å². The summed E-state index contributed by atoms with van der Waals surface area (Å²) in [7, 11) is 1.35. The molecule has 0 bridgehead atoms. The molecule has 3 N–H and O–H groups in total. The zero-order valence-electron chi connectivity index (χ0n) is 10.7. The van der Waals surface area contributed by atoms with Gasteiger partial charge in [0.2, 0.25) is 0 Å². The first kappa shape index (κ1) is 16.3. The van der Waals surface area contributed by atoms with E-state index >= 15 is 0 Å². The van der Waals surface area contributed by atoms with E-state index in [1.807, 2.05) is 24.3 Å². The van der Waals surface area contributed by atoms with Crippen molar-refractivity contribution in [1.82, 2.24) is 4.68 Å². The summed E-state index contributed by atoms with van der Waals surface area (Å²) in [4.78, 5) is 20.2. The third-order valence-electron chi connectivity index (χ3n) is 2.39. The number of esters is 1. The topological polar surface area (TPSA) is 94.5 Å². The van der Waals surface area contributed by atoms with Crippen molar-refractivity contribution in [3.63, 3.8) is 0 Å². The Morgan fingerprint density at radius 2 is 1.81 bits per heavy atom. The van der Waals surface area contributed by atoms with E-state index in [2.05, 4.69) is 4.74 Å². The number of hydrogen-bond acceptors (Lipinski definition) is 4. The normalized spacial score (nSPS) is 10.7. The van der Waals surface area contributed by atoms with Crippen molar-refractivity contribution in [2.75, 3.05) is 13.0 Å². The van der Waals surface area contributed by atoms with E-state index in [1.165, 1.54) is 11.8 Å². The predicted molar refractivity (Wildman–Crippen MR) is 67.1 cm³/mol. The number of ether oxygens (including phenoxy) is 1. The minimum absolute atomic E-state index is 0.370. The van der Waals surface area contributed by atoms with Crippen molar-refractivity contribution < 1.29 is 32.6 Å². The van der Waals surface area contributed by atoms with Gasteiger partial charge in [-0.1, -0.05) is 18.2 Å². The van der Waals surface area contributed by atoms with Gasteiger partial charge in [-0.15, -0.1) is 0 Å². The molecule has 0 fully saturated rings. The Morgan fingerprint density at radius 3 is 2.29 bits per heavy atom. The number of alkyl halides is 3. The van der Waals surface area contributed by atoms with Gasteiger partial charge in [-0.25, -0.2) is 9.59 Å². The molecule has 2 aromatic rings. The lowest BCUT2D eigenvalue weighted by molar-refractivity contribution is -0.192. The lowest BCUT2D eigenvalue weighted by Gasteiger charge is -1.95. The highest BCUT2D eigenvalue weighted by molar-refractivity contribution is 6.04. The number of nitrogens with two attached hydrogens (primary N) is 1. The van der Waals surface area contributed by atoms with Crippen LogP contribution in [0.25, 0.3) is 10.9 Å². The Morgan fingerprint density at radius 1 is 1.29 bits per heavy atom. The van der Waals surface area contributed by atoms with Gasteiger partial charge in [-0.05, 0) is 6.07 Å². The van der Waals surface area contributed by atoms with Gasteiger partial charge < -0.3 is 15.7 Å². The number of nitrogen functional groups attached to an aromatic ring is 1. The molecule has 0 saturated heterocycles. The quantitative estimate of drug-likeness (QED) is 0.618. The maximum absolute atomic E-state index is 11.3. The molecule has 21 heavy (non-hydrogen) atoms. The van der Waals surface area contributed by atoms with E-state index in [0.29, 0.717) is 5.56 Å². The molecule has 0 aliphatic rings. The molecular formula is C12H11F3N2O4. The summed E-state index contributed by atoms with van der Waals surface area (Å²) in [5.74, 6) is 2.55. The lowest BCUT2D eigenvalue weighted by atomic mass is 10.2. The highest BCUT2D eigenvalue weighted by atomic mass is 19.4. The van der Waals surface area contributed by atoms with Crippen molar-refractivity contribution in [3.8, 4) is 0 Å². The number of halogens is 3. The number of carbonyl (C=O) groups excluding carboxylic acids is 1. The number of fused-ring (bicyclic) bond motifs is 1. The highest BCUT2D eigenvalue weighted by Gasteiger charge is 2.38. The minimum Gasteiger partial charge on any atom is -0.475 e. The molecule has 1 aromatic carbocycles. The Hall–Kier alpha value is -2.71. The highest BCUT2D eigenvalue weighted by Crippen LogP contribution is 2.19. The fourth-order valence-electron chi connectivity index (χ4n) is 1.48. The summed E-state index contributed by atoms with van der Waals surface area (Å²) in [5.41, 5.74) is 1.30. The molecule has 0 atom stereocenters. The molecular weight excluding hydrogens is 293 g/mol. The summed E-state index contributed by atoms with van der Waals surface area (Å²) in [6, 6.07) is 7.41. The summed E-state index contributed by atoms with van der Waals surface area (Å²) in [6.07, 6.45) is -3.52. The fraction of sp³-hybridized carbons (Fsp3) is 0.167. The van der Waals surface area contributed by atoms with E-state index in [4.69, 9.17) is 15.7 Å². The minimum atomic E-state index is -5.08. The van der Waals surface area contributed by atoms with Crippen LogP contribution in [0.5, 0.6) is 0 Å². The number of methoxy groups -OCH3 is 1. The fourth-order valence-corrected chi connectivity index (χ4v) is 1.48. The number of carboxylic acids is 1. The second kappa shape index (κ2) is 6.16. The van der Waals surface area contributed by atoms with Crippen LogP contribution in [0.15, 0.2) is 30.5 Å². The van der Waals surface area contributed by atoms with E-state index in [1.54, 1.807) is 6.20 Å². The molecule has 0 amide bonds. The largest absolute Gasteiger partial charge is 0.490 e. The number of aromatic nitrogens is 1. The number of benzene rings is 1. The molecule has 0 spiro atoms. The Balaban J connectivity index is 0.000000270. The monoisotopic (exact) mass is 304 g/mol. The van der Waals surface area contributed by atoms with Crippen LogP contribution in [-0.2, 0) is 9.53 Å². The standard InChI is InChI=1S/C10H10N2O2.C2HF3O2/c1-14-10(13)8-6-12(11)9-5-3-2-4-7(8)9;3-2(4,5)1(6)7/h2-6H,11H2,1H3;(H,6,7). The van der Waals surface area contributed by atoms with E-state index in [0.717, 1.165) is 10.9 Å².